The molecule has 0 spiro atoms. The molecule has 17 heavy (non-hydrogen) atoms. The molecule has 1 aromatic rings. The van der Waals surface area contributed by atoms with Gasteiger partial charge in [0, 0.05) is 19.3 Å². The Bertz CT molecular complexity index is 383. The highest BCUT2D eigenvalue weighted by Gasteiger charge is 2.25. The molecule has 0 aliphatic carbocycles. The van der Waals surface area contributed by atoms with Crippen molar-refractivity contribution in [3.05, 3.63) is 18.0 Å². The smallest absolute Gasteiger partial charge is 0.254 e. The number of nitrogens with one attached hydrogen (secondary N) is 1. The molecule has 0 bridgehead atoms. The number of aromatic nitrogens is 2. The van der Waals surface area contributed by atoms with Gasteiger partial charge in [0.15, 0.2) is 0 Å². The summed E-state index contributed by atoms with van der Waals surface area (Å²) in [6.07, 6.45) is 3.22. The van der Waals surface area contributed by atoms with Gasteiger partial charge in [-0.25, -0.2) is 0 Å². The summed E-state index contributed by atoms with van der Waals surface area (Å²) in [5, 5.41) is 16.7. The van der Waals surface area contributed by atoms with Crippen LogP contribution in [0.1, 0.15) is 38.1 Å². The molecule has 0 aliphatic heterocycles. The topological polar surface area (TPSA) is 67.2 Å². The summed E-state index contributed by atoms with van der Waals surface area (Å²) in [5.41, 5.74) is -0.373. The zero-order chi connectivity index (χ0) is 13.1. The van der Waals surface area contributed by atoms with E-state index in [0.717, 1.165) is 6.54 Å². The number of hydrogen-bond acceptors (Lipinski definition) is 3. The number of aliphatic hydroxyl groups is 1. The molecule has 0 saturated heterocycles. The summed E-state index contributed by atoms with van der Waals surface area (Å²) in [5.74, 6) is -0.119. The van der Waals surface area contributed by atoms with Crippen LogP contribution < -0.4 is 5.32 Å². The van der Waals surface area contributed by atoms with Gasteiger partial charge in [-0.3, -0.25) is 9.48 Å². The molecule has 1 heterocycles. The van der Waals surface area contributed by atoms with Crippen LogP contribution in [0.3, 0.4) is 0 Å². The van der Waals surface area contributed by atoms with Crippen LogP contribution in [0.2, 0.25) is 0 Å². The molecule has 0 fully saturated rings. The van der Waals surface area contributed by atoms with Gasteiger partial charge in [0.05, 0.1) is 17.4 Å². The van der Waals surface area contributed by atoms with Gasteiger partial charge in [-0.05, 0) is 19.8 Å². The molecule has 5 nitrogen and oxygen atoms in total. The van der Waals surface area contributed by atoms with Gasteiger partial charge in [0.1, 0.15) is 0 Å². The van der Waals surface area contributed by atoms with E-state index in [1.165, 1.54) is 6.20 Å². The van der Waals surface area contributed by atoms with Crippen LogP contribution in [-0.4, -0.2) is 32.9 Å². The van der Waals surface area contributed by atoms with E-state index in [1.807, 2.05) is 20.8 Å². The van der Waals surface area contributed by atoms with E-state index in [0.29, 0.717) is 5.56 Å². The summed E-state index contributed by atoms with van der Waals surface area (Å²) in [4.78, 5) is 11.8. The van der Waals surface area contributed by atoms with Crippen LogP contribution in [0.25, 0.3) is 0 Å². The zero-order valence-corrected chi connectivity index (χ0v) is 10.9. The molecule has 1 rings (SSSR count). The molecule has 1 aromatic heterocycles. The monoisotopic (exact) mass is 239 g/mol. The van der Waals surface area contributed by atoms with Crippen molar-refractivity contribution in [3.63, 3.8) is 0 Å². The number of nitrogens with zero attached hydrogens (tertiary/aromatic N) is 2. The minimum atomic E-state index is -0.892. The highest BCUT2D eigenvalue weighted by atomic mass is 16.3. The van der Waals surface area contributed by atoms with E-state index in [9.17, 15) is 9.90 Å². The van der Waals surface area contributed by atoms with Crippen LogP contribution >= 0.6 is 0 Å². The Balaban J connectivity index is 2.56. The molecule has 0 saturated carbocycles. The van der Waals surface area contributed by atoms with E-state index in [2.05, 4.69) is 10.4 Å². The lowest BCUT2D eigenvalue weighted by Crippen LogP contribution is -2.44. The van der Waals surface area contributed by atoms with Gasteiger partial charge in [0.25, 0.3) is 5.91 Å². The second-order valence-electron chi connectivity index (χ2n) is 4.78. The molecule has 0 aromatic carbocycles. The fourth-order valence-electron chi connectivity index (χ4n) is 1.22. The molecule has 0 aliphatic rings. The Hall–Kier alpha value is -1.36. The lowest BCUT2D eigenvalue weighted by atomic mass is 9.92. The van der Waals surface area contributed by atoms with Crippen molar-refractivity contribution in [1.29, 1.82) is 0 Å². The van der Waals surface area contributed by atoms with E-state index in [4.69, 9.17) is 0 Å². The predicted molar refractivity (Wildman–Crippen MR) is 65.7 cm³/mol. The van der Waals surface area contributed by atoms with Crippen LogP contribution in [0.5, 0.6) is 0 Å². The average Bonchev–Trinajstić information content (AvgIpc) is 2.74. The van der Waals surface area contributed by atoms with E-state index in [-0.39, 0.29) is 18.4 Å². The number of rotatable bonds is 5. The van der Waals surface area contributed by atoms with E-state index >= 15 is 0 Å². The van der Waals surface area contributed by atoms with Crippen molar-refractivity contribution in [2.45, 2.75) is 39.8 Å². The van der Waals surface area contributed by atoms with Gasteiger partial charge in [-0.15, -0.1) is 0 Å². The number of aryl methyl sites for hydroxylation is 1. The van der Waals surface area contributed by atoms with Crippen molar-refractivity contribution in [1.82, 2.24) is 15.1 Å². The lowest BCUT2D eigenvalue weighted by molar-refractivity contribution is 0.0142. The summed E-state index contributed by atoms with van der Waals surface area (Å²) < 4.78 is 1.69. The van der Waals surface area contributed by atoms with Crippen molar-refractivity contribution in [2.75, 3.05) is 6.54 Å². The molecule has 5 heteroatoms. The maximum Gasteiger partial charge on any atom is 0.254 e. The Morgan fingerprint density at radius 1 is 1.65 bits per heavy atom. The third kappa shape index (κ3) is 3.56. The summed E-state index contributed by atoms with van der Waals surface area (Å²) in [6.45, 7) is 8.48. The molecular formula is C12H21N3O2. The first-order valence-corrected chi connectivity index (χ1v) is 5.90. The third-order valence-corrected chi connectivity index (χ3v) is 3.07. The summed E-state index contributed by atoms with van der Waals surface area (Å²) in [7, 11) is 0. The fraction of sp³-hybridized carbons (Fsp3) is 0.667. The van der Waals surface area contributed by atoms with Crippen LogP contribution in [0.15, 0.2) is 12.4 Å². The average molecular weight is 239 g/mol. The first-order chi connectivity index (χ1) is 7.86. The summed E-state index contributed by atoms with van der Waals surface area (Å²) >= 11 is 0. The van der Waals surface area contributed by atoms with Crippen LogP contribution in [0, 0.1) is 5.92 Å². The fourth-order valence-corrected chi connectivity index (χ4v) is 1.22. The molecular weight excluding hydrogens is 218 g/mol. The Morgan fingerprint density at radius 2 is 2.29 bits per heavy atom. The second-order valence-corrected chi connectivity index (χ2v) is 4.78. The molecule has 96 valence electrons. The van der Waals surface area contributed by atoms with Gasteiger partial charge >= 0.3 is 0 Å². The zero-order valence-electron chi connectivity index (χ0n) is 10.9. The van der Waals surface area contributed by atoms with Crippen molar-refractivity contribution < 1.29 is 9.90 Å². The second kappa shape index (κ2) is 5.31. The lowest BCUT2D eigenvalue weighted by Gasteiger charge is -2.27. The Labute approximate surface area is 102 Å². The predicted octanol–water partition coefficient (Wildman–Crippen LogP) is 1.04. The number of hydrogen-bond donors (Lipinski definition) is 2. The van der Waals surface area contributed by atoms with Gasteiger partial charge in [-0.2, -0.15) is 5.10 Å². The first-order valence-electron chi connectivity index (χ1n) is 5.90. The molecule has 1 atom stereocenters. The SMILES string of the molecule is CCn1cc(C(=O)NCC(C)(O)C(C)C)cn1. The third-order valence-electron chi connectivity index (χ3n) is 3.07. The maximum atomic E-state index is 11.8. The molecule has 1 unspecified atom stereocenters. The van der Waals surface area contributed by atoms with Crippen LogP contribution in [0.4, 0.5) is 0 Å². The van der Waals surface area contributed by atoms with Crippen LogP contribution in [-0.2, 0) is 6.54 Å². The largest absolute Gasteiger partial charge is 0.388 e. The Kier molecular flexibility index (Phi) is 4.28. The molecule has 1 amide bonds. The van der Waals surface area contributed by atoms with Crippen molar-refractivity contribution in [2.24, 2.45) is 5.92 Å². The quantitative estimate of drug-likeness (QED) is 0.806. The number of carbonyl (C=O) groups is 1. The van der Waals surface area contributed by atoms with Crippen molar-refractivity contribution >= 4 is 5.91 Å². The van der Waals surface area contributed by atoms with Gasteiger partial charge in [0.2, 0.25) is 0 Å². The standard InChI is InChI=1S/C12H21N3O2/c1-5-15-7-10(6-14-15)11(16)13-8-12(4,17)9(2)3/h6-7,9,17H,5,8H2,1-4H3,(H,13,16). The maximum absolute atomic E-state index is 11.8. The first kappa shape index (κ1) is 13.7. The van der Waals surface area contributed by atoms with Gasteiger partial charge in [-0.1, -0.05) is 13.8 Å². The highest BCUT2D eigenvalue weighted by molar-refractivity contribution is 5.93. The minimum absolute atomic E-state index is 0.0844. The van der Waals surface area contributed by atoms with Crippen molar-refractivity contribution in [3.8, 4) is 0 Å². The number of carbonyl (C=O) groups excluding carboxylic acids is 1. The van der Waals surface area contributed by atoms with E-state index < -0.39 is 5.60 Å². The molecule has 0 radical (unpaired) electrons. The van der Waals surface area contributed by atoms with Gasteiger partial charge < -0.3 is 10.4 Å². The minimum Gasteiger partial charge on any atom is -0.388 e. The van der Waals surface area contributed by atoms with E-state index in [1.54, 1.807) is 17.8 Å². The number of amides is 1. The Morgan fingerprint density at radius 3 is 2.76 bits per heavy atom. The summed E-state index contributed by atoms with van der Waals surface area (Å²) in [6, 6.07) is 0. The normalized spacial score (nSPS) is 14.7. The highest BCUT2D eigenvalue weighted by Crippen LogP contribution is 2.14. The molecule has 2 N–H and O–H groups in total.